The first kappa shape index (κ1) is 33.3. The van der Waals surface area contributed by atoms with Crippen molar-refractivity contribution in [2.75, 3.05) is 9.80 Å². The topological polar surface area (TPSA) is 6.48 Å². The minimum absolute atomic E-state index is 0.184. The van der Waals surface area contributed by atoms with Gasteiger partial charge in [0.05, 0.1) is 6.04 Å². The molecule has 1 atom stereocenters. The quantitative estimate of drug-likeness (QED) is 0.165. The van der Waals surface area contributed by atoms with Crippen LogP contribution in [0.25, 0.3) is 22.3 Å². The minimum atomic E-state index is -0.202. The Balaban J connectivity index is 1.20. The van der Waals surface area contributed by atoms with E-state index in [9.17, 15) is 0 Å². The molecule has 0 radical (unpaired) electrons. The molecule has 3 aliphatic carbocycles. The molecule has 0 saturated carbocycles. The predicted octanol–water partition coefficient (Wildman–Crippen LogP) is 13.9. The molecule has 3 aliphatic rings. The van der Waals surface area contributed by atoms with Crippen molar-refractivity contribution in [2.45, 2.75) is 70.8 Å². The molecule has 0 fully saturated rings. The fraction of sp³-hybridized carbons (Fsp3) is 0.216. The van der Waals surface area contributed by atoms with Crippen molar-refractivity contribution in [2.24, 2.45) is 0 Å². The standard InChI is InChI=1S/C51H48N2/c1-34(2)44-31-40(53(37-23-15-9-16-24-37)38-25-17-10-18-26-38)33-46-47(44)43-30-29-42-41-28-27-39(32-45(41)50(3,4)48(42)49(43)51(46,5)6)52(35-19-11-7-12-20-35)36-21-13-8-14-22-36/h7-21,23-34,36H,22H2,1-6H3. The van der Waals surface area contributed by atoms with Gasteiger partial charge >= 0.3 is 0 Å². The van der Waals surface area contributed by atoms with E-state index in [4.69, 9.17) is 0 Å². The third-order valence-electron chi connectivity index (χ3n) is 12.0. The maximum Gasteiger partial charge on any atom is 0.0559 e. The van der Waals surface area contributed by atoms with E-state index in [0.29, 0.717) is 5.92 Å². The van der Waals surface area contributed by atoms with Gasteiger partial charge in [-0.05, 0) is 123 Å². The second kappa shape index (κ2) is 12.5. The summed E-state index contributed by atoms with van der Waals surface area (Å²) in [6, 6.07) is 49.8. The van der Waals surface area contributed by atoms with Gasteiger partial charge in [-0.3, -0.25) is 0 Å². The average Bonchev–Trinajstić information content (AvgIpc) is 3.55. The monoisotopic (exact) mass is 688 g/mol. The molecule has 0 saturated heterocycles. The van der Waals surface area contributed by atoms with Gasteiger partial charge in [-0.1, -0.05) is 139 Å². The molecule has 0 heterocycles. The Hall–Kier alpha value is -5.60. The molecule has 9 rings (SSSR count). The average molecular weight is 689 g/mol. The Morgan fingerprint density at radius 3 is 1.68 bits per heavy atom. The molecular formula is C51H48N2. The SMILES string of the molecule is CC(C)c1cc(N(c2ccccc2)c2ccccc2)cc2c1-c1ccc3c(c1C2(C)C)C(C)(C)c1cc(N(c2ccccc2)C2C=CC=CC2)ccc1-3. The van der Waals surface area contributed by atoms with E-state index < -0.39 is 0 Å². The fourth-order valence-corrected chi connectivity index (χ4v) is 9.54. The zero-order chi connectivity index (χ0) is 36.5. The highest BCUT2D eigenvalue weighted by Gasteiger charge is 2.47. The highest BCUT2D eigenvalue weighted by atomic mass is 15.2. The summed E-state index contributed by atoms with van der Waals surface area (Å²) in [6.07, 6.45) is 9.96. The summed E-state index contributed by atoms with van der Waals surface area (Å²) in [7, 11) is 0. The summed E-state index contributed by atoms with van der Waals surface area (Å²) in [5, 5.41) is 0. The van der Waals surface area contributed by atoms with Gasteiger partial charge in [0.2, 0.25) is 0 Å². The summed E-state index contributed by atoms with van der Waals surface area (Å²) in [6.45, 7) is 14.5. The Morgan fingerprint density at radius 2 is 1.08 bits per heavy atom. The highest BCUT2D eigenvalue weighted by Crippen LogP contribution is 2.61. The lowest BCUT2D eigenvalue weighted by atomic mass is 9.72. The van der Waals surface area contributed by atoms with Crippen LogP contribution in [0.4, 0.5) is 28.4 Å². The summed E-state index contributed by atoms with van der Waals surface area (Å²) in [5.74, 6) is 0.354. The molecule has 0 bridgehead atoms. The first-order chi connectivity index (χ1) is 25.7. The van der Waals surface area contributed by atoms with Crippen molar-refractivity contribution >= 4 is 28.4 Å². The molecule has 6 aromatic rings. The van der Waals surface area contributed by atoms with Gasteiger partial charge in [0.25, 0.3) is 0 Å². The summed E-state index contributed by atoms with van der Waals surface area (Å²) < 4.78 is 0. The lowest BCUT2D eigenvalue weighted by molar-refractivity contribution is 0.601. The minimum Gasteiger partial charge on any atom is -0.334 e. The number of allylic oxidation sites excluding steroid dienone is 2. The molecule has 0 N–H and O–H groups in total. The Kier molecular flexibility index (Phi) is 7.85. The second-order valence-corrected chi connectivity index (χ2v) is 16.3. The molecule has 262 valence electrons. The number of para-hydroxylation sites is 3. The first-order valence-corrected chi connectivity index (χ1v) is 19.3. The van der Waals surface area contributed by atoms with Gasteiger partial charge < -0.3 is 9.80 Å². The zero-order valence-electron chi connectivity index (χ0n) is 31.8. The zero-order valence-corrected chi connectivity index (χ0v) is 31.8. The smallest absolute Gasteiger partial charge is 0.0559 e. The van der Waals surface area contributed by atoms with E-state index in [1.807, 2.05) is 0 Å². The van der Waals surface area contributed by atoms with Crippen LogP contribution in [0.15, 0.2) is 158 Å². The largest absolute Gasteiger partial charge is 0.334 e. The summed E-state index contributed by atoms with van der Waals surface area (Å²) >= 11 is 0. The van der Waals surface area contributed by atoms with Crippen LogP contribution in [0.5, 0.6) is 0 Å². The number of anilines is 5. The van der Waals surface area contributed by atoms with Crippen LogP contribution in [-0.2, 0) is 10.8 Å². The van der Waals surface area contributed by atoms with E-state index in [1.54, 1.807) is 0 Å². The van der Waals surface area contributed by atoms with Crippen LogP contribution >= 0.6 is 0 Å². The van der Waals surface area contributed by atoms with Crippen LogP contribution < -0.4 is 9.80 Å². The molecule has 1 unspecified atom stereocenters. The van der Waals surface area contributed by atoms with Crippen LogP contribution in [0.3, 0.4) is 0 Å². The van der Waals surface area contributed by atoms with E-state index in [1.165, 1.54) is 78.5 Å². The predicted molar refractivity (Wildman–Crippen MR) is 226 cm³/mol. The highest BCUT2D eigenvalue weighted by molar-refractivity contribution is 5.94. The van der Waals surface area contributed by atoms with Gasteiger partial charge in [0.15, 0.2) is 0 Å². The van der Waals surface area contributed by atoms with Gasteiger partial charge in [0, 0.05) is 39.3 Å². The Bertz CT molecular complexity index is 2360. The van der Waals surface area contributed by atoms with Crippen molar-refractivity contribution < 1.29 is 0 Å². The van der Waals surface area contributed by atoms with Gasteiger partial charge in [-0.15, -0.1) is 0 Å². The van der Waals surface area contributed by atoms with E-state index in [-0.39, 0.29) is 16.9 Å². The number of hydrogen-bond acceptors (Lipinski definition) is 2. The Morgan fingerprint density at radius 1 is 0.528 bits per heavy atom. The molecule has 2 nitrogen and oxygen atoms in total. The van der Waals surface area contributed by atoms with Crippen LogP contribution in [-0.4, -0.2) is 6.04 Å². The number of fused-ring (bicyclic) bond motifs is 7. The van der Waals surface area contributed by atoms with Crippen LogP contribution in [0.2, 0.25) is 0 Å². The van der Waals surface area contributed by atoms with E-state index in [0.717, 1.165) is 6.42 Å². The molecule has 0 aromatic heterocycles. The van der Waals surface area contributed by atoms with Crippen molar-refractivity contribution in [3.63, 3.8) is 0 Å². The van der Waals surface area contributed by atoms with Crippen LogP contribution in [0.1, 0.15) is 81.7 Å². The number of hydrogen-bond donors (Lipinski definition) is 0. The molecule has 6 aromatic carbocycles. The fourth-order valence-electron chi connectivity index (χ4n) is 9.54. The maximum absolute atomic E-state index is 2.52. The lowest BCUT2D eigenvalue weighted by Gasteiger charge is -2.34. The lowest BCUT2D eigenvalue weighted by Crippen LogP contribution is -2.30. The first-order valence-electron chi connectivity index (χ1n) is 19.3. The normalized spacial score (nSPS) is 16.9. The Labute approximate surface area is 315 Å². The second-order valence-electron chi connectivity index (χ2n) is 16.3. The third kappa shape index (κ3) is 5.22. The summed E-state index contributed by atoms with van der Waals surface area (Å²) in [5.41, 5.74) is 18.4. The molecule has 2 heteroatoms. The third-order valence-corrected chi connectivity index (χ3v) is 12.0. The van der Waals surface area contributed by atoms with Gasteiger partial charge in [-0.25, -0.2) is 0 Å². The number of benzene rings is 6. The summed E-state index contributed by atoms with van der Waals surface area (Å²) in [4.78, 5) is 4.94. The molecule has 53 heavy (non-hydrogen) atoms. The number of rotatable bonds is 7. The maximum atomic E-state index is 2.52. The molecule has 0 aliphatic heterocycles. The van der Waals surface area contributed by atoms with Crippen molar-refractivity contribution in [3.05, 3.63) is 186 Å². The number of nitrogens with zero attached hydrogens (tertiary/aromatic N) is 2. The van der Waals surface area contributed by atoms with Crippen LogP contribution in [0, 0.1) is 0 Å². The molecule has 0 amide bonds. The van der Waals surface area contributed by atoms with E-state index >= 15 is 0 Å². The van der Waals surface area contributed by atoms with Crippen molar-refractivity contribution in [1.29, 1.82) is 0 Å². The molecular weight excluding hydrogens is 641 g/mol. The molecule has 0 spiro atoms. The van der Waals surface area contributed by atoms with Crippen molar-refractivity contribution in [3.8, 4) is 22.3 Å². The van der Waals surface area contributed by atoms with Gasteiger partial charge in [-0.2, -0.15) is 0 Å². The van der Waals surface area contributed by atoms with Crippen molar-refractivity contribution in [1.82, 2.24) is 0 Å². The van der Waals surface area contributed by atoms with Gasteiger partial charge in [0.1, 0.15) is 0 Å². The van der Waals surface area contributed by atoms with E-state index in [2.05, 4.69) is 209 Å².